The Kier molecular flexibility index (Phi) is 6.86. The van der Waals surface area contributed by atoms with Crippen molar-refractivity contribution in [2.24, 2.45) is 40.4 Å². The number of carbonyl (C=O) groups is 2. The number of nitrogens with one attached hydrogen (secondary N) is 1. The fourth-order valence-corrected chi connectivity index (χ4v) is 9.06. The van der Waals surface area contributed by atoms with E-state index in [1.54, 1.807) is 0 Å². The molecule has 4 saturated carbocycles. The second-order valence-electron chi connectivity index (χ2n) is 12.0. The summed E-state index contributed by atoms with van der Waals surface area (Å²) in [4.78, 5) is 25.2. The van der Waals surface area contributed by atoms with E-state index in [9.17, 15) is 19.8 Å². The third-order valence-corrected chi connectivity index (χ3v) is 10.7. The molecule has 0 aromatic heterocycles. The van der Waals surface area contributed by atoms with Gasteiger partial charge < -0.3 is 20.3 Å². The molecule has 3 N–H and O–H groups in total. The lowest BCUT2D eigenvalue weighted by Gasteiger charge is -2.60. The highest BCUT2D eigenvalue weighted by atomic mass is 16.5. The standard InChI is InChI=1S/C29H41NO5/c1-28-15-6-5-9-20(28)10-11-21-22(28)14-16-29(23(21)12-13-24(29)26(32)33)18-35-27(34)30-25(17-31)19-7-3-2-4-8-19/h2-4,7-8,20-25,31H,5-6,9-18H2,1H3,(H,30,34)(H,32,33)/t20?,21-,22+,23+,24?,25?,28+,29-/m1/s1. The van der Waals surface area contributed by atoms with E-state index in [1.165, 1.54) is 38.5 Å². The number of hydrogen-bond donors (Lipinski definition) is 3. The Labute approximate surface area is 208 Å². The first kappa shape index (κ1) is 24.6. The van der Waals surface area contributed by atoms with E-state index in [0.717, 1.165) is 30.7 Å². The van der Waals surface area contributed by atoms with Crippen LogP contribution in [0.2, 0.25) is 0 Å². The number of carboxylic acids is 1. The minimum atomic E-state index is -0.745. The molecule has 0 aliphatic heterocycles. The van der Waals surface area contributed by atoms with Crippen LogP contribution in [0.5, 0.6) is 0 Å². The quantitative estimate of drug-likeness (QED) is 0.492. The van der Waals surface area contributed by atoms with Crippen LogP contribution >= 0.6 is 0 Å². The van der Waals surface area contributed by atoms with Crippen LogP contribution in [0.15, 0.2) is 30.3 Å². The fraction of sp³-hybridized carbons (Fsp3) is 0.724. The molecule has 5 rings (SSSR count). The first-order valence-electron chi connectivity index (χ1n) is 13.7. The fourth-order valence-electron chi connectivity index (χ4n) is 9.06. The average molecular weight is 484 g/mol. The molecule has 1 amide bonds. The molecule has 35 heavy (non-hydrogen) atoms. The molecule has 0 saturated heterocycles. The lowest BCUT2D eigenvalue weighted by Crippen LogP contribution is -2.55. The summed E-state index contributed by atoms with van der Waals surface area (Å²) in [6.07, 6.45) is 10.7. The highest BCUT2D eigenvalue weighted by Crippen LogP contribution is 2.67. The number of carboxylic acid groups (broad SMARTS) is 1. The zero-order chi connectivity index (χ0) is 24.6. The van der Waals surface area contributed by atoms with E-state index in [0.29, 0.717) is 29.6 Å². The monoisotopic (exact) mass is 483 g/mol. The molecule has 6 heteroatoms. The Morgan fingerprint density at radius 2 is 1.83 bits per heavy atom. The van der Waals surface area contributed by atoms with Gasteiger partial charge in [-0.2, -0.15) is 0 Å². The Hall–Kier alpha value is -2.08. The van der Waals surface area contributed by atoms with Crippen LogP contribution in [0, 0.1) is 40.4 Å². The highest BCUT2D eigenvalue weighted by molar-refractivity contribution is 5.72. The molecule has 0 bridgehead atoms. The van der Waals surface area contributed by atoms with Crippen molar-refractivity contribution in [3.05, 3.63) is 35.9 Å². The molecule has 3 unspecified atom stereocenters. The number of carbonyl (C=O) groups excluding carboxylic acids is 1. The number of fused-ring (bicyclic) bond motifs is 5. The van der Waals surface area contributed by atoms with Crippen molar-refractivity contribution in [1.29, 1.82) is 0 Å². The van der Waals surface area contributed by atoms with E-state index in [2.05, 4.69) is 12.2 Å². The van der Waals surface area contributed by atoms with Gasteiger partial charge in [-0.1, -0.05) is 50.1 Å². The van der Waals surface area contributed by atoms with Crippen molar-refractivity contribution in [1.82, 2.24) is 5.32 Å². The summed E-state index contributed by atoms with van der Waals surface area (Å²) >= 11 is 0. The van der Waals surface area contributed by atoms with Gasteiger partial charge in [-0.3, -0.25) is 4.79 Å². The van der Waals surface area contributed by atoms with E-state index in [1.807, 2.05) is 30.3 Å². The van der Waals surface area contributed by atoms with Crippen molar-refractivity contribution in [3.63, 3.8) is 0 Å². The Balaban J connectivity index is 1.32. The maximum atomic E-state index is 12.8. The Bertz CT molecular complexity index is 921. The molecule has 0 spiro atoms. The van der Waals surface area contributed by atoms with Crippen LogP contribution in [0.3, 0.4) is 0 Å². The Morgan fingerprint density at radius 1 is 1.03 bits per heavy atom. The van der Waals surface area contributed by atoms with E-state index < -0.39 is 29.4 Å². The van der Waals surface area contributed by atoms with Gasteiger partial charge in [-0.05, 0) is 86.0 Å². The first-order valence-corrected chi connectivity index (χ1v) is 13.7. The van der Waals surface area contributed by atoms with Gasteiger partial charge in [-0.15, -0.1) is 0 Å². The molecule has 4 fully saturated rings. The van der Waals surface area contributed by atoms with Gasteiger partial charge in [0.1, 0.15) is 0 Å². The zero-order valence-corrected chi connectivity index (χ0v) is 21.0. The van der Waals surface area contributed by atoms with Crippen LogP contribution in [0.4, 0.5) is 4.79 Å². The summed E-state index contributed by atoms with van der Waals surface area (Å²) in [7, 11) is 0. The molecular formula is C29H41NO5. The second kappa shape index (κ2) is 9.76. The van der Waals surface area contributed by atoms with Gasteiger partial charge in [0.25, 0.3) is 0 Å². The molecule has 6 nitrogen and oxygen atoms in total. The molecule has 4 aliphatic carbocycles. The normalized spacial score (nSPS) is 39.0. The molecule has 1 aromatic rings. The Morgan fingerprint density at radius 3 is 2.57 bits per heavy atom. The third-order valence-electron chi connectivity index (χ3n) is 10.7. The molecule has 192 valence electrons. The predicted molar refractivity (Wildman–Crippen MR) is 133 cm³/mol. The summed E-state index contributed by atoms with van der Waals surface area (Å²) in [5.74, 6) is 1.12. The van der Waals surface area contributed by atoms with Gasteiger partial charge in [0.05, 0.1) is 25.2 Å². The zero-order valence-electron chi connectivity index (χ0n) is 21.0. The summed E-state index contributed by atoms with van der Waals surface area (Å²) in [5, 5.41) is 22.8. The highest BCUT2D eigenvalue weighted by Gasteiger charge is 2.63. The van der Waals surface area contributed by atoms with Crippen molar-refractivity contribution in [3.8, 4) is 0 Å². The molecular weight excluding hydrogens is 442 g/mol. The minimum Gasteiger partial charge on any atom is -0.481 e. The van der Waals surface area contributed by atoms with E-state index in [-0.39, 0.29) is 13.2 Å². The van der Waals surface area contributed by atoms with Gasteiger partial charge >= 0.3 is 12.1 Å². The van der Waals surface area contributed by atoms with Gasteiger partial charge in [-0.25, -0.2) is 4.79 Å². The molecule has 0 radical (unpaired) electrons. The first-order chi connectivity index (χ1) is 16.9. The molecule has 4 aliphatic rings. The van der Waals surface area contributed by atoms with E-state index >= 15 is 0 Å². The van der Waals surface area contributed by atoms with Crippen molar-refractivity contribution in [2.75, 3.05) is 13.2 Å². The number of rotatable bonds is 6. The SMILES string of the molecule is C[C@]12CCCCC1CC[C@H]1[C@@H]3CCC(C(=O)O)[C@@]3(COC(=O)NC(CO)c3ccccc3)CC[C@@H]12. The van der Waals surface area contributed by atoms with Crippen molar-refractivity contribution < 1.29 is 24.5 Å². The van der Waals surface area contributed by atoms with Crippen LogP contribution in [0.1, 0.15) is 82.7 Å². The average Bonchev–Trinajstić information content (AvgIpc) is 3.26. The number of hydrogen-bond acceptors (Lipinski definition) is 4. The minimum absolute atomic E-state index is 0.150. The number of aliphatic hydroxyl groups excluding tert-OH is 1. The number of alkyl carbamates (subject to hydrolysis) is 1. The third kappa shape index (κ3) is 4.26. The summed E-state index contributed by atoms with van der Waals surface area (Å²) in [6.45, 7) is 2.44. The van der Waals surface area contributed by atoms with E-state index in [4.69, 9.17) is 4.74 Å². The smallest absolute Gasteiger partial charge is 0.407 e. The predicted octanol–water partition coefficient (Wildman–Crippen LogP) is 5.56. The lowest BCUT2D eigenvalue weighted by atomic mass is 9.44. The number of aliphatic hydroxyl groups is 1. The number of amides is 1. The van der Waals surface area contributed by atoms with Crippen LogP contribution in [0.25, 0.3) is 0 Å². The largest absolute Gasteiger partial charge is 0.481 e. The summed E-state index contributed by atoms with van der Waals surface area (Å²) in [6, 6.07) is 8.79. The summed E-state index contributed by atoms with van der Waals surface area (Å²) in [5.41, 5.74) is 0.714. The van der Waals surface area contributed by atoms with Gasteiger partial charge in [0, 0.05) is 5.41 Å². The maximum absolute atomic E-state index is 12.8. The van der Waals surface area contributed by atoms with Crippen molar-refractivity contribution >= 4 is 12.1 Å². The van der Waals surface area contributed by atoms with Gasteiger partial charge in [0.15, 0.2) is 0 Å². The lowest BCUT2D eigenvalue weighted by molar-refractivity contribution is -0.159. The number of benzene rings is 1. The summed E-state index contributed by atoms with van der Waals surface area (Å²) < 4.78 is 5.81. The van der Waals surface area contributed by atoms with Crippen LogP contribution < -0.4 is 5.32 Å². The van der Waals surface area contributed by atoms with Crippen molar-refractivity contribution in [2.45, 2.75) is 77.2 Å². The second-order valence-corrected chi connectivity index (χ2v) is 12.0. The van der Waals surface area contributed by atoms with Gasteiger partial charge in [0.2, 0.25) is 0 Å². The number of aliphatic carboxylic acids is 1. The molecule has 1 aromatic carbocycles. The topological polar surface area (TPSA) is 95.9 Å². The number of ether oxygens (including phenoxy) is 1. The van der Waals surface area contributed by atoms with Crippen LogP contribution in [-0.2, 0) is 9.53 Å². The maximum Gasteiger partial charge on any atom is 0.407 e. The van der Waals surface area contributed by atoms with Crippen LogP contribution in [-0.4, -0.2) is 35.5 Å². The molecule has 0 heterocycles. The molecule has 8 atom stereocenters.